The lowest BCUT2D eigenvalue weighted by Gasteiger charge is -2.17. The number of rotatable bonds is 3. The van der Waals surface area contributed by atoms with Crippen molar-refractivity contribution in [2.24, 2.45) is 0 Å². The largest absolute Gasteiger partial charge is 0.497 e. The number of halogens is 1. The third-order valence-electron chi connectivity index (χ3n) is 3.77. The predicted octanol–water partition coefficient (Wildman–Crippen LogP) is 3.57. The highest BCUT2D eigenvalue weighted by Crippen LogP contribution is 2.40. The van der Waals surface area contributed by atoms with Crippen LogP contribution in [0.2, 0.25) is 0 Å². The van der Waals surface area contributed by atoms with Gasteiger partial charge in [-0.15, -0.1) is 0 Å². The smallest absolute Gasteiger partial charge is 0.294 e. The molecule has 0 N–H and O–H groups in total. The summed E-state index contributed by atoms with van der Waals surface area (Å²) in [5.74, 6) is 0.300. The number of fused-ring (bicyclic) bond motifs is 1. The summed E-state index contributed by atoms with van der Waals surface area (Å²) >= 11 is 3.28. The van der Waals surface area contributed by atoms with Crippen LogP contribution in [0.3, 0.4) is 0 Å². The fourth-order valence-corrected chi connectivity index (χ4v) is 3.23. The molecule has 0 radical (unpaired) electrons. The van der Waals surface area contributed by atoms with Gasteiger partial charge in [0.15, 0.2) is 0 Å². The number of nitrogens with zero attached hydrogens (tertiary/aromatic N) is 2. The average molecular weight is 377 g/mol. The summed E-state index contributed by atoms with van der Waals surface area (Å²) in [5, 5.41) is 11.3. The van der Waals surface area contributed by atoms with Crippen LogP contribution in [0.1, 0.15) is 15.9 Å². The Morgan fingerprint density at radius 2 is 2.13 bits per heavy atom. The van der Waals surface area contributed by atoms with E-state index in [2.05, 4.69) is 15.9 Å². The Balaban J connectivity index is 2.05. The number of anilines is 1. The van der Waals surface area contributed by atoms with E-state index in [-0.39, 0.29) is 11.6 Å². The number of carbonyl (C=O) groups excluding carboxylic acids is 1. The highest BCUT2D eigenvalue weighted by molar-refractivity contribution is 9.10. The predicted molar refractivity (Wildman–Crippen MR) is 89.2 cm³/mol. The minimum Gasteiger partial charge on any atom is -0.497 e. The van der Waals surface area contributed by atoms with Crippen LogP contribution < -0.4 is 9.64 Å². The molecule has 0 saturated carbocycles. The Kier molecular flexibility index (Phi) is 4.04. The number of hydrogen-bond donors (Lipinski definition) is 0. The molecule has 2 aromatic rings. The first-order valence-corrected chi connectivity index (χ1v) is 7.73. The first-order valence-electron chi connectivity index (χ1n) is 6.94. The molecule has 7 heteroatoms. The molecule has 0 aromatic heterocycles. The number of methoxy groups -OCH3 is 1. The second-order valence-corrected chi connectivity index (χ2v) is 6.04. The van der Waals surface area contributed by atoms with Crippen LogP contribution in [0.15, 0.2) is 40.9 Å². The third-order valence-corrected chi connectivity index (χ3v) is 4.22. The zero-order chi connectivity index (χ0) is 16.6. The van der Waals surface area contributed by atoms with Crippen molar-refractivity contribution >= 4 is 33.2 Å². The quantitative estimate of drug-likeness (QED) is 0.606. The lowest BCUT2D eigenvalue weighted by Crippen LogP contribution is -2.29. The Labute approximate surface area is 140 Å². The summed E-state index contributed by atoms with van der Waals surface area (Å²) in [6.07, 6.45) is 0.589. The summed E-state index contributed by atoms with van der Waals surface area (Å²) in [6, 6.07) is 10.0. The van der Waals surface area contributed by atoms with E-state index < -0.39 is 4.92 Å². The van der Waals surface area contributed by atoms with Crippen LogP contribution >= 0.6 is 15.9 Å². The molecule has 118 valence electrons. The van der Waals surface area contributed by atoms with Gasteiger partial charge in [-0.1, -0.05) is 22.0 Å². The second-order valence-electron chi connectivity index (χ2n) is 5.13. The molecule has 0 fully saturated rings. The van der Waals surface area contributed by atoms with E-state index in [1.807, 2.05) is 6.07 Å². The summed E-state index contributed by atoms with van der Waals surface area (Å²) in [7, 11) is 1.52. The molecule has 2 aromatic carbocycles. The molecule has 23 heavy (non-hydrogen) atoms. The van der Waals surface area contributed by atoms with Gasteiger partial charge in [0.05, 0.1) is 12.0 Å². The summed E-state index contributed by atoms with van der Waals surface area (Å²) < 4.78 is 5.77. The Bertz CT molecular complexity index is 807. The highest BCUT2D eigenvalue weighted by Gasteiger charge is 2.33. The molecule has 6 nitrogen and oxygen atoms in total. The van der Waals surface area contributed by atoms with Crippen molar-refractivity contribution in [3.8, 4) is 5.75 Å². The van der Waals surface area contributed by atoms with Crippen molar-refractivity contribution in [3.05, 3.63) is 62.1 Å². The molecule has 3 rings (SSSR count). The number of carbonyl (C=O) groups is 1. The summed E-state index contributed by atoms with van der Waals surface area (Å²) in [6.45, 7) is 0.419. The number of nitro groups is 1. The van der Waals surface area contributed by atoms with Crippen molar-refractivity contribution in [1.82, 2.24) is 0 Å². The van der Waals surface area contributed by atoms with Crippen molar-refractivity contribution in [1.29, 1.82) is 0 Å². The minimum atomic E-state index is -0.458. The van der Waals surface area contributed by atoms with Crippen molar-refractivity contribution in [3.63, 3.8) is 0 Å². The number of ether oxygens (including phenoxy) is 1. The van der Waals surface area contributed by atoms with Crippen LogP contribution in [0, 0.1) is 10.1 Å². The monoisotopic (exact) mass is 376 g/mol. The number of amides is 1. The van der Waals surface area contributed by atoms with E-state index in [1.54, 1.807) is 24.3 Å². The van der Waals surface area contributed by atoms with Crippen LogP contribution in [0.4, 0.5) is 11.4 Å². The Morgan fingerprint density at radius 3 is 2.83 bits per heavy atom. The fourth-order valence-electron chi connectivity index (χ4n) is 2.74. The van der Waals surface area contributed by atoms with E-state index in [9.17, 15) is 14.9 Å². The molecule has 1 heterocycles. The molecular formula is C16H13BrN2O4. The molecule has 1 aliphatic heterocycles. The van der Waals surface area contributed by atoms with E-state index >= 15 is 0 Å². The molecule has 0 atom stereocenters. The van der Waals surface area contributed by atoms with Crippen molar-refractivity contribution < 1.29 is 14.5 Å². The van der Waals surface area contributed by atoms with Gasteiger partial charge in [-0.25, -0.2) is 0 Å². The molecule has 0 saturated heterocycles. The van der Waals surface area contributed by atoms with Gasteiger partial charge >= 0.3 is 0 Å². The SMILES string of the molecule is COc1cccc(C(=O)N2CCc3cc(Br)cc([N+](=O)[O-])c32)c1. The van der Waals surface area contributed by atoms with Crippen LogP contribution in [0.5, 0.6) is 5.75 Å². The number of benzene rings is 2. The number of hydrogen-bond acceptors (Lipinski definition) is 4. The average Bonchev–Trinajstić information content (AvgIpc) is 2.96. The standard InChI is InChI=1S/C16H13BrN2O4/c1-23-13-4-2-3-11(8-13)16(20)18-6-5-10-7-12(17)9-14(15(10)18)19(21)22/h2-4,7-9H,5-6H2,1H3. The van der Waals surface area contributed by atoms with Crippen LogP contribution in [-0.2, 0) is 6.42 Å². The molecule has 0 spiro atoms. The van der Waals surface area contributed by atoms with Gasteiger partial charge in [0.25, 0.3) is 11.6 Å². The van der Waals surface area contributed by atoms with Crippen LogP contribution in [-0.4, -0.2) is 24.5 Å². The van der Waals surface area contributed by atoms with Crippen molar-refractivity contribution in [2.75, 3.05) is 18.6 Å². The third kappa shape index (κ3) is 2.79. The summed E-state index contributed by atoms with van der Waals surface area (Å²) in [4.78, 5) is 25.1. The molecule has 0 unspecified atom stereocenters. The lowest BCUT2D eigenvalue weighted by molar-refractivity contribution is -0.384. The van der Waals surface area contributed by atoms with Gasteiger partial charge in [0, 0.05) is 22.6 Å². The first-order chi connectivity index (χ1) is 11.0. The van der Waals surface area contributed by atoms with Gasteiger partial charge in [0.1, 0.15) is 11.4 Å². The summed E-state index contributed by atoms with van der Waals surface area (Å²) in [5.41, 5.74) is 1.55. The molecular weight excluding hydrogens is 364 g/mol. The number of nitro benzene ring substituents is 1. The van der Waals surface area contributed by atoms with E-state index in [1.165, 1.54) is 18.1 Å². The van der Waals surface area contributed by atoms with E-state index in [0.29, 0.717) is 34.4 Å². The maximum absolute atomic E-state index is 12.8. The molecule has 1 amide bonds. The van der Waals surface area contributed by atoms with E-state index in [0.717, 1.165) is 5.56 Å². The molecule has 1 aliphatic rings. The van der Waals surface area contributed by atoms with E-state index in [4.69, 9.17) is 4.74 Å². The molecule has 0 aliphatic carbocycles. The van der Waals surface area contributed by atoms with Gasteiger partial charge in [-0.3, -0.25) is 14.9 Å². The fraction of sp³-hybridized carbons (Fsp3) is 0.188. The molecule has 0 bridgehead atoms. The Morgan fingerprint density at radius 1 is 1.35 bits per heavy atom. The van der Waals surface area contributed by atoms with Crippen LogP contribution in [0.25, 0.3) is 0 Å². The first kappa shape index (κ1) is 15.5. The van der Waals surface area contributed by atoms with Gasteiger partial charge < -0.3 is 9.64 Å². The zero-order valence-corrected chi connectivity index (χ0v) is 13.9. The highest BCUT2D eigenvalue weighted by atomic mass is 79.9. The topological polar surface area (TPSA) is 72.7 Å². The minimum absolute atomic E-state index is 0.0666. The maximum Gasteiger partial charge on any atom is 0.294 e. The second kappa shape index (κ2) is 6.00. The van der Waals surface area contributed by atoms with Gasteiger partial charge in [-0.2, -0.15) is 0 Å². The van der Waals surface area contributed by atoms with Gasteiger partial charge in [0.2, 0.25) is 0 Å². The normalized spacial score (nSPS) is 12.9. The van der Waals surface area contributed by atoms with Crippen molar-refractivity contribution in [2.45, 2.75) is 6.42 Å². The zero-order valence-electron chi connectivity index (χ0n) is 12.3. The maximum atomic E-state index is 12.8. The Hall–Kier alpha value is -2.41. The lowest BCUT2D eigenvalue weighted by atomic mass is 10.1. The van der Waals surface area contributed by atoms with Gasteiger partial charge in [-0.05, 0) is 36.2 Å².